The van der Waals surface area contributed by atoms with E-state index < -0.39 is 0 Å². The minimum Gasteiger partial charge on any atom is -0.313 e. The van der Waals surface area contributed by atoms with E-state index >= 15 is 0 Å². The summed E-state index contributed by atoms with van der Waals surface area (Å²) in [6.45, 7) is 7.92. The van der Waals surface area contributed by atoms with Gasteiger partial charge in [-0.05, 0) is 26.6 Å². The van der Waals surface area contributed by atoms with Gasteiger partial charge in [0.2, 0.25) is 0 Å². The van der Waals surface area contributed by atoms with Crippen LogP contribution in [-0.2, 0) is 0 Å². The minimum atomic E-state index is 0.661. The van der Waals surface area contributed by atoms with Gasteiger partial charge >= 0.3 is 0 Å². The maximum atomic E-state index is 3.49. The van der Waals surface area contributed by atoms with Crippen LogP contribution in [0, 0.1) is 0 Å². The van der Waals surface area contributed by atoms with Crippen molar-refractivity contribution >= 4 is 11.8 Å². The lowest BCUT2D eigenvalue weighted by atomic mass is 10.2. The molecule has 0 aromatic heterocycles. The molecule has 13 heavy (non-hydrogen) atoms. The summed E-state index contributed by atoms with van der Waals surface area (Å²) in [4.78, 5) is 2.38. The highest BCUT2D eigenvalue weighted by molar-refractivity contribution is 7.98. The van der Waals surface area contributed by atoms with E-state index in [0.29, 0.717) is 6.04 Å². The lowest BCUT2D eigenvalue weighted by Gasteiger charge is -2.18. The summed E-state index contributed by atoms with van der Waals surface area (Å²) in [7, 11) is 2.19. The zero-order chi connectivity index (χ0) is 10.1. The predicted octanol–water partition coefficient (Wildman–Crippen LogP) is 1.67. The van der Waals surface area contributed by atoms with Gasteiger partial charge in [0.05, 0.1) is 0 Å². The lowest BCUT2D eigenvalue weighted by molar-refractivity contribution is 0.343. The number of nitrogens with one attached hydrogen (secondary N) is 1. The van der Waals surface area contributed by atoms with Crippen LogP contribution in [0.4, 0.5) is 0 Å². The average Bonchev–Trinajstić information content (AvgIpc) is 2.14. The number of likely N-dealkylation sites (N-methyl/N-ethyl adjacent to an activating group) is 1. The zero-order valence-electron chi connectivity index (χ0n) is 9.47. The van der Waals surface area contributed by atoms with Crippen LogP contribution in [-0.4, -0.2) is 49.6 Å². The SMILES string of the molecule is CCC(C)NCCN(C)CCSC. The van der Waals surface area contributed by atoms with Crippen LogP contribution in [0.3, 0.4) is 0 Å². The molecule has 0 saturated carbocycles. The Balaban J connectivity index is 3.21. The Bertz CT molecular complexity index is 109. The van der Waals surface area contributed by atoms with Crippen LogP contribution in [0.15, 0.2) is 0 Å². The fourth-order valence-corrected chi connectivity index (χ4v) is 1.50. The molecule has 2 nitrogen and oxygen atoms in total. The molecule has 0 aromatic carbocycles. The van der Waals surface area contributed by atoms with Gasteiger partial charge in [0.25, 0.3) is 0 Å². The maximum absolute atomic E-state index is 3.49. The van der Waals surface area contributed by atoms with Gasteiger partial charge in [-0.3, -0.25) is 0 Å². The molecule has 0 amide bonds. The number of hydrogen-bond acceptors (Lipinski definition) is 3. The highest BCUT2D eigenvalue weighted by Crippen LogP contribution is 1.93. The fourth-order valence-electron chi connectivity index (χ4n) is 1.01. The standard InChI is InChI=1S/C10H24N2S/c1-5-10(2)11-6-7-12(3)8-9-13-4/h10-11H,5-9H2,1-4H3. The summed E-state index contributed by atoms with van der Waals surface area (Å²) in [5.41, 5.74) is 0. The Morgan fingerprint density at radius 1 is 1.38 bits per heavy atom. The number of rotatable bonds is 8. The summed E-state index contributed by atoms with van der Waals surface area (Å²) in [6, 6.07) is 0.661. The second kappa shape index (κ2) is 8.85. The van der Waals surface area contributed by atoms with Crippen LogP contribution in [0.2, 0.25) is 0 Å². The highest BCUT2D eigenvalue weighted by atomic mass is 32.2. The highest BCUT2D eigenvalue weighted by Gasteiger charge is 1.99. The van der Waals surface area contributed by atoms with Gasteiger partial charge in [0, 0.05) is 31.4 Å². The molecule has 0 aliphatic carbocycles. The fraction of sp³-hybridized carbons (Fsp3) is 1.00. The third kappa shape index (κ3) is 8.60. The molecule has 0 rings (SSSR count). The summed E-state index contributed by atoms with van der Waals surface area (Å²) in [6.07, 6.45) is 3.37. The smallest absolute Gasteiger partial charge is 0.0104 e. The van der Waals surface area contributed by atoms with E-state index in [1.807, 2.05) is 11.8 Å². The quantitative estimate of drug-likeness (QED) is 0.647. The normalized spacial score (nSPS) is 13.6. The van der Waals surface area contributed by atoms with Crippen molar-refractivity contribution < 1.29 is 0 Å². The number of thioether (sulfide) groups is 1. The summed E-state index contributed by atoms with van der Waals surface area (Å²) in [5, 5.41) is 3.49. The Labute approximate surface area is 87.5 Å². The topological polar surface area (TPSA) is 15.3 Å². The Morgan fingerprint density at radius 2 is 2.08 bits per heavy atom. The molecule has 0 radical (unpaired) electrons. The Morgan fingerprint density at radius 3 is 2.62 bits per heavy atom. The van der Waals surface area contributed by atoms with E-state index in [2.05, 4.69) is 37.4 Å². The van der Waals surface area contributed by atoms with E-state index in [9.17, 15) is 0 Å². The molecule has 80 valence electrons. The molecule has 0 bridgehead atoms. The van der Waals surface area contributed by atoms with Crippen molar-refractivity contribution in [2.24, 2.45) is 0 Å². The van der Waals surface area contributed by atoms with Crippen LogP contribution >= 0.6 is 11.8 Å². The monoisotopic (exact) mass is 204 g/mol. The van der Waals surface area contributed by atoms with Gasteiger partial charge in [-0.15, -0.1) is 0 Å². The van der Waals surface area contributed by atoms with Gasteiger partial charge in [-0.25, -0.2) is 0 Å². The molecule has 0 saturated heterocycles. The number of nitrogens with zero attached hydrogens (tertiary/aromatic N) is 1. The second-order valence-corrected chi connectivity index (χ2v) is 4.55. The first kappa shape index (κ1) is 13.3. The Kier molecular flexibility index (Phi) is 9.03. The zero-order valence-corrected chi connectivity index (χ0v) is 10.3. The van der Waals surface area contributed by atoms with E-state index in [0.717, 1.165) is 13.1 Å². The summed E-state index contributed by atoms with van der Waals surface area (Å²) >= 11 is 1.91. The first-order valence-corrected chi connectivity index (χ1v) is 6.51. The summed E-state index contributed by atoms with van der Waals surface area (Å²) in [5.74, 6) is 1.24. The van der Waals surface area contributed by atoms with E-state index in [1.165, 1.54) is 18.7 Å². The molecule has 0 heterocycles. The number of hydrogen-bond donors (Lipinski definition) is 1. The molecule has 3 heteroatoms. The van der Waals surface area contributed by atoms with Gasteiger partial charge in [0.1, 0.15) is 0 Å². The van der Waals surface area contributed by atoms with E-state index in [-0.39, 0.29) is 0 Å². The predicted molar refractivity (Wildman–Crippen MR) is 63.6 cm³/mol. The summed E-state index contributed by atoms with van der Waals surface area (Å²) < 4.78 is 0. The molecule has 0 aliphatic heterocycles. The molecular formula is C10H24N2S. The molecule has 0 spiro atoms. The van der Waals surface area contributed by atoms with Crippen molar-refractivity contribution in [3.63, 3.8) is 0 Å². The first-order chi connectivity index (χ1) is 6.20. The van der Waals surface area contributed by atoms with E-state index in [1.54, 1.807) is 0 Å². The van der Waals surface area contributed by atoms with Gasteiger partial charge < -0.3 is 10.2 Å². The third-order valence-corrected chi connectivity index (χ3v) is 2.87. The Hall–Kier alpha value is 0.270. The molecular weight excluding hydrogens is 180 g/mol. The van der Waals surface area contributed by atoms with Crippen molar-refractivity contribution in [2.45, 2.75) is 26.3 Å². The van der Waals surface area contributed by atoms with Crippen molar-refractivity contribution in [2.75, 3.05) is 38.7 Å². The van der Waals surface area contributed by atoms with Crippen molar-refractivity contribution in [1.29, 1.82) is 0 Å². The van der Waals surface area contributed by atoms with Crippen molar-refractivity contribution in [1.82, 2.24) is 10.2 Å². The van der Waals surface area contributed by atoms with Crippen LogP contribution in [0.1, 0.15) is 20.3 Å². The van der Waals surface area contributed by atoms with Gasteiger partial charge in [0.15, 0.2) is 0 Å². The molecule has 0 aromatic rings. The maximum Gasteiger partial charge on any atom is 0.0104 e. The van der Waals surface area contributed by atoms with Crippen molar-refractivity contribution in [3.05, 3.63) is 0 Å². The average molecular weight is 204 g/mol. The van der Waals surface area contributed by atoms with Crippen LogP contribution in [0.25, 0.3) is 0 Å². The van der Waals surface area contributed by atoms with Gasteiger partial charge in [-0.1, -0.05) is 6.92 Å². The molecule has 1 unspecified atom stereocenters. The minimum absolute atomic E-state index is 0.661. The largest absolute Gasteiger partial charge is 0.313 e. The molecule has 1 atom stereocenters. The molecule has 1 N–H and O–H groups in total. The second-order valence-electron chi connectivity index (χ2n) is 3.56. The van der Waals surface area contributed by atoms with Crippen LogP contribution < -0.4 is 5.32 Å². The lowest BCUT2D eigenvalue weighted by Crippen LogP contribution is -2.34. The third-order valence-electron chi connectivity index (χ3n) is 2.28. The van der Waals surface area contributed by atoms with Crippen LogP contribution in [0.5, 0.6) is 0 Å². The molecule has 0 aliphatic rings. The van der Waals surface area contributed by atoms with Crippen molar-refractivity contribution in [3.8, 4) is 0 Å². The van der Waals surface area contributed by atoms with Gasteiger partial charge in [-0.2, -0.15) is 11.8 Å². The molecule has 0 fully saturated rings. The van der Waals surface area contributed by atoms with E-state index in [4.69, 9.17) is 0 Å². The first-order valence-electron chi connectivity index (χ1n) is 5.11.